The van der Waals surface area contributed by atoms with Crippen molar-refractivity contribution in [1.82, 2.24) is 0 Å². The molecule has 0 bridgehead atoms. The minimum Gasteiger partial charge on any atom is -0.464 e. The summed E-state index contributed by atoms with van der Waals surface area (Å²) in [5, 5.41) is 8.79. The molecular weight excluding hydrogens is 456 g/mol. The van der Waals surface area contributed by atoms with Crippen LogP contribution in [0.1, 0.15) is 0 Å². The van der Waals surface area contributed by atoms with Crippen molar-refractivity contribution in [2.45, 2.75) is 0 Å². The van der Waals surface area contributed by atoms with Crippen LogP contribution >= 0.6 is 11.3 Å². The summed E-state index contributed by atoms with van der Waals surface area (Å²) >= 11 is 1.85. The lowest BCUT2D eigenvalue weighted by Gasteiger charge is -2.17. The molecule has 0 spiro atoms. The highest BCUT2D eigenvalue weighted by Gasteiger charge is 2.21. The first-order valence-corrected chi connectivity index (χ1v) is 13.0. The van der Waals surface area contributed by atoms with E-state index in [1.807, 2.05) is 17.6 Å². The zero-order chi connectivity index (χ0) is 23.6. The molecule has 2 heteroatoms. The standard InChI is InChI=1S/C34H20OS/c1-2-10-21(11-3-1)31-22-12-4-6-14-24(22)32(25-15-7-5-13-23(25)31)27-20-35-28-18-19-30-34(33(27)28)26-16-8-9-17-29(26)36-30/h1-20H. The lowest BCUT2D eigenvalue weighted by atomic mass is 9.85. The third-order valence-corrected chi connectivity index (χ3v) is 8.48. The van der Waals surface area contributed by atoms with Gasteiger partial charge in [-0.05, 0) is 50.9 Å². The van der Waals surface area contributed by atoms with Gasteiger partial charge in [-0.3, -0.25) is 0 Å². The number of fused-ring (bicyclic) bond motifs is 7. The predicted octanol–water partition coefficient (Wildman–Crippen LogP) is 10.4. The maximum absolute atomic E-state index is 6.25. The molecule has 0 saturated heterocycles. The number of rotatable bonds is 2. The molecule has 0 unspecified atom stereocenters. The van der Waals surface area contributed by atoms with Gasteiger partial charge >= 0.3 is 0 Å². The Labute approximate surface area is 211 Å². The van der Waals surface area contributed by atoms with E-state index in [1.54, 1.807) is 0 Å². The number of benzene rings is 6. The van der Waals surface area contributed by atoms with Crippen LogP contribution in [0.3, 0.4) is 0 Å². The second-order valence-corrected chi connectivity index (χ2v) is 10.4. The Morgan fingerprint density at radius 3 is 1.72 bits per heavy atom. The minimum absolute atomic E-state index is 0.932. The fourth-order valence-corrected chi connectivity index (χ4v) is 6.98. The van der Waals surface area contributed by atoms with Crippen molar-refractivity contribution in [2.75, 3.05) is 0 Å². The summed E-state index contributed by atoms with van der Waals surface area (Å²) in [6.07, 6.45) is 1.97. The fraction of sp³-hybridized carbons (Fsp3) is 0. The molecule has 0 aliphatic carbocycles. The van der Waals surface area contributed by atoms with Gasteiger partial charge in [-0.1, -0.05) is 97.1 Å². The first-order chi connectivity index (χ1) is 17.9. The second kappa shape index (κ2) is 7.55. The van der Waals surface area contributed by atoms with Crippen molar-refractivity contribution in [2.24, 2.45) is 0 Å². The van der Waals surface area contributed by atoms with Crippen molar-refractivity contribution >= 4 is 64.0 Å². The number of thiophene rings is 1. The van der Waals surface area contributed by atoms with E-state index in [1.165, 1.54) is 63.8 Å². The summed E-state index contributed by atoms with van der Waals surface area (Å²) in [5.74, 6) is 0. The first-order valence-electron chi connectivity index (χ1n) is 12.2. The van der Waals surface area contributed by atoms with Gasteiger partial charge in [0, 0.05) is 36.7 Å². The molecule has 6 aromatic carbocycles. The number of hydrogen-bond acceptors (Lipinski definition) is 2. The summed E-state index contributed by atoms with van der Waals surface area (Å²) in [6, 6.07) is 41.4. The highest BCUT2D eigenvalue weighted by atomic mass is 32.1. The smallest absolute Gasteiger partial charge is 0.135 e. The van der Waals surface area contributed by atoms with E-state index in [2.05, 4.69) is 115 Å². The van der Waals surface area contributed by atoms with Crippen molar-refractivity contribution in [3.05, 3.63) is 122 Å². The van der Waals surface area contributed by atoms with Gasteiger partial charge < -0.3 is 4.42 Å². The van der Waals surface area contributed by atoms with Crippen LogP contribution in [0.4, 0.5) is 0 Å². The van der Waals surface area contributed by atoms with Gasteiger partial charge in [-0.25, -0.2) is 0 Å². The molecule has 0 atom stereocenters. The Bertz CT molecular complexity index is 2040. The number of furan rings is 1. The average molecular weight is 477 g/mol. The van der Waals surface area contributed by atoms with Crippen LogP contribution in [0.25, 0.3) is 74.9 Å². The van der Waals surface area contributed by atoms with E-state index in [0.717, 1.165) is 11.1 Å². The van der Waals surface area contributed by atoms with Gasteiger partial charge in [0.1, 0.15) is 5.58 Å². The van der Waals surface area contributed by atoms with Gasteiger partial charge in [-0.2, -0.15) is 0 Å². The zero-order valence-electron chi connectivity index (χ0n) is 19.4. The van der Waals surface area contributed by atoms with Crippen LogP contribution in [0, 0.1) is 0 Å². The molecule has 0 aliphatic rings. The normalized spacial score (nSPS) is 11.9. The predicted molar refractivity (Wildman–Crippen MR) is 155 cm³/mol. The minimum atomic E-state index is 0.932. The van der Waals surface area contributed by atoms with Gasteiger partial charge in [0.25, 0.3) is 0 Å². The zero-order valence-corrected chi connectivity index (χ0v) is 20.2. The molecule has 2 aromatic heterocycles. The second-order valence-electron chi connectivity index (χ2n) is 9.27. The van der Waals surface area contributed by atoms with Crippen molar-refractivity contribution in [3.8, 4) is 22.3 Å². The number of hydrogen-bond donors (Lipinski definition) is 0. The van der Waals surface area contributed by atoms with E-state index in [4.69, 9.17) is 4.42 Å². The highest BCUT2D eigenvalue weighted by molar-refractivity contribution is 7.26. The summed E-state index contributed by atoms with van der Waals surface area (Å²) in [4.78, 5) is 0. The quantitative estimate of drug-likeness (QED) is 0.226. The Morgan fingerprint density at radius 2 is 1.03 bits per heavy atom. The summed E-state index contributed by atoms with van der Waals surface area (Å²) in [5.41, 5.74) is 5.85. The third-order valence-electron chi connectivity index (χ3n) is 7.34. The van der Waals surface area contributed by atoms with Crippen LogP contribution in [-0.2, 0) is 0 Å². The van der Waals surface area contributed by atoms with Gasteiger partial charge in [-0.15, -0.1) is 11.3 Å². The molecule has 8 rings (SSSR count). The van der Waals surface area contributed by atoms with Crippen LogP contribution in [0.5, 0.6) is 0 Å². The lowest BCUT2D eigenvalue weighted by molar-refractivity contribution is 0.617. The fourth-order valence-electron chi connectivity index (χ4n) is 5.86. The van der Waals surface area contributed by atoms with Gasteiger partial charge in [0.2, 0.25) is 0 Å². The van der Waals surface area contributed by atoms with Crippen molar-refractivity contribution < 1.29 is 4.42 Å². The maximum Gasteiger partial charge on any atom is 0.135 e. The summed E-state index contributed by atoms with van der Waals surface area (Å²) in [6.45, 7) is 0. The summed E-state index contributed by atoms with van der Waals surface area (Å²) < 4.78 is 8.85. The Hall–Kier alpha value is -4.40. The maximum atomic E-state index is 6.25. The lowest BCUT2D eigenvalue weighted by Crippen LogP contribution is -1.90. The molecule has 8 aromatic rings. The molecule has 0 radical (unpaired) electrons. The van der Waals surface area contributed by atoms with E-state index >= 15 is 0 Å². The van der Waals surface area contributed by atoms with Gasteiger partial charge in [0.05, 0.1) is 6.26 Å². The average Bonchev–Trinajstić information content (AvgIpc) is 3.53. The Balaban J connectivity index is 1.59. The van der Waals surface area contributed by atoms with Crippen LogP contribution in [0.15, 0.2) is 126 Å². The third kappa shape index (κ3) is 2.71. The molecule has 0 aliphatic heterocycles. The van der Waals surface area contributed by atoms with Crippen LogP contribution in [0.2, 0.25) is 0 Å². The SMILES string of the molecule is c1ccc(-c2c3ccccc3c(-c3coc4ccc5sc6ccccc6c5c34)c3ccccc23)cc1. The van der Waals surface area contributed by atoms with Gasteiger partial charge in [0.15, 0.2) is 0 Å². The highest BCUT2D eigenvalue weighted by Crippen LogP contribution is 2.48. The van der Waals surface area contributed by atoms with Crippen LogP contribution < -0.4 is 0 Å². The Morgan fingerprint density at radius 1 is 0.444 bits per heavy atom. The molecule has 1 nitrogen and oxygen atoms in total. The van der Waals surface area contributed by atoms with Crippen molar-refractivity contribution in [1.29, 1.82) is 0 Å². The first kappa shape index (κ1) is 19.9. The summed E-state index contributed by atoms with van der Waals surface area (Å²) in [7, 11) is 0. The molecule has 168 valence electrons. The molecule has 0 N–H and O–H groups in total. The molecule has 0 fully saturated rings. The largest absolute Gasteiger partial charge is 0.464 e. The topological polar surface area (TPSA) is 13.1 Å². The van der Waals surface area contributed by atoms with E-state index in [-0.39, 0.29) is 0 Å². The molecular formula is C34H20OS. The monoisotopic (exact) mass is 476 g/mol. The van der Waals surface area contributed by atoms with E-state index < -0.39 is 0 Å². The molecule has 2 heterocycles. The van der Waals surface area contributed by atoms with Crippen molar-refractivity contribution in [3.63, 3.8) is 0 Å². The molecule has 0 saturated carbocycles. The van der Waals surface area contributed by atoms with E-state index in [0.29, 0.717) is 0 Å². The molecule has 0 amide bonds. The van der Waals surface area contributed by atoms with Crippen LogP contribution in [-0.4, -0.2) is 0 Å². The Kier molecular flexibility index (Phi) is 4.16. The molecule has 36 heavy (non-hydrogen) atoms. The van der Waals surface area contributed by atoms with E-state index in [9.17, 15) is 0 Å².